The van der Waals surface area contributed by atoms with Crippen molar-refractivity contribution in [2.75, 3.05) is 19.0 Å². The molecule has 2 aromatic carbocycles. The molecule has 0 unspecified atom stereocenters. The van der Waals surface area contributed by atoms with Gasteiger partial charge in [0.25, 0.3) is 0 Å². The number of carbonyl (C=O) groups excluding carboxylic acids is 2. The number of anilines is 1. The van der Waals surface area contributed by atoms with Crippen molar-refractivity contribution in [3.63, 3.8) is 0 Å². The van der Waals surface area contributed by atoms with E-state index in [-0.39, 0.29) is 11.3 Å². The van der Waals surface area contributed by atoms with Crippen LogP contribution in [0.15, 0.2) is 42.5 Å². The highest BCUT2D eigenvalue weighted by atomic mass is 16.5. The minimum Gasteiger partial charge on any atom is -0.465 e. The van der Waals surface area contributed by atoms with Crippen molar-refractivity contribution in [1.82, 2.24) is 0 Å². The van der Waals surface area contributed by atoms with Crippen LogP contribution >= 0.6 is 0 Å². The smallest absolute Gasteiger partial charge is 0.341 e. The first kappa shape index (κ1) is 17.5. The normalized spacial score (nSPS) is 10.1. The lowest BCUT2D eigenvalue weighted by molar-refractivity contribution is -0.131. The summed E-state index contributed by atoms with van der Waals surface area (Å²) in [5.74, 6) is -0.840. The quantitative estimate of drug-likeness (QED) is 0.651. The highest BCUT2D eigenvalue weighted by Gasteiger charge is 2.15. The Morgan fingerprint density at radius 1 is 1.12 bits per heavy atom. The third-order valence-corrected chi connectivity index (χ3v) is 3.46. The average Bonchev–Trinajstić information content (AvgIpc) is 2.55. The highest BCUT2D eigenvalue weighted by molar-refractivity contribution is 5.94. The van der Waals surface area contributed by atoms with Crippen LogP contribution in [-0.2, 0) is 16.0 Å². The minimum atomic E-state index is -0.548. The summed E-state index contributed by atoms with van der Waals surface area (Å²) in [4.78, 5) is 23.0. The molecule has 0 spiro atoms. The zero-order valence-electron chi connectivity index (χ0n) is 14.1. The molecule has 0 radical (unpaired) electrons. The van der Waals surface area contributed by atoms with E-state index < -0.39 is 11.9 Å². The fourth-order valence-electron chi connectivity index (χ4n) is 2.37. The molecule has 0 bridgehead atoms. The van der Waals surface area contributed by atoms with Crippen LogP contribution in [0.2, 0.25) is 0 Å². The molecule has 126 valence electrons. The number of rotatable bonds is 6. The molecule has 0 amide bonds. The van der Waals surface area contributed by atoms with E-state index in [2.05, 4.69) is 30.4 Å². The summed E-state index contributed by atoms with van der Waals surface area (Å²) in [6, 6.07) is 13.3. The van der Waals surface area contributed by atoms with E-state index >= 15 is 0 Å². The summed E-state index contributed by atoms with van der Waals surface area (Å²) in [5.41, 5.74) is 3.45. The highest BCUT2D eigenvalue weighted by Crippen LogP contribution is 2.24. The first-order valence-corrected chi connectivity index (χ1v) is 7.70. The van der Waals surface area contributed by atoms with Gasteiger partial charge in [0.15, 0.2) is 0 Å². The van der Waals surface area contributed by atoms with Crippen LogP contribution in [0.25, 0.3) is 0 Å². The number of esters is 2. The Morgan fingerprint density at radius 2 is 1.92 bits per heavy atom. The van der Waals surface area contributed by atoms with Gasteiger partial charge < -0.3 is 14.8 Å². The van der Waals surface area contributed by atoms with Crippen LogP contribution in [0.3, 0.4) is 0 Å². The summed E-state index contributed by atoms with van der Waals surface area (Å²) in [7, 11) is 1.29. The summed E-state index contributed by atoms with van der Waals surface area (Å²) in [6.45, 7) is 4.07. The number of hydrogen-bond donors (Lipinski definition) is 1. The Labute approximate surface area is 141 Å². The molecule has 2 aromatic rings. The van der Waals surface area contributed by atoms with Crippen LogP contribution in [-0.4, -0.2) is 25.6 Å². The number of aryl methyl sites for hydroxylation is 1. The standard InChI is InChI=1S/C19H21NO4/c1-13-5-4-6-15(11-13)9-10-20-16-7-8-18(24-14(2)21)17(12-16)19(22)23-3/h4-8,11-12,20H,9-10H2,1-3H3. The predicted molar refractivity (Wildman–Crippen MR) is 92.5 cm³/mol. The zero-order valence-corrected chi connectivity index (χ0v) is 14.1. The summed E-state index contributed by atoms with van der Waals surface area (Å²) < 4.78 is 9.79. The monoisotopic (exact) mass is 327 g/mol. The van der Waals surface area contributed by atoms with Gasteiger partial charge in [-0.2, -0.15) is 0 Å². The fourth-order valence-corrected chi connectivity index (χ4v) is 2.37. The second kappa shape index (κ2) is 8.15. The number of benzene rings is 2. The topological polar surface area (TPSA) is 64.6 Å². The molecular formula is C19H21NO4. The van der Waals surface area contributed by atoms with Crippen molar-refractivity contribution >= 4 is 17.6 Å². The third kappa shape index (κ3) is 4.84. The van der Waals surface area contributed by atoms with Gasteiger partial charge in [0.05, 0.1) is 7.11 Å². The maximum atomic E-state index is 11.9. The summed E-state index contributed by atoms with van der Waals surface area (Å²) in [6.07, 6.45) is 0.862. The molecule has 0 aliphatic heterocycles. The number of carbonyl (C=O) groups is 2. The lowest BCUT2D eigenvalue weighted by Gasteiger charge is -2.11. The molecule has 0 saturated heterocycles. The van der Waals surface area contributed by atoms with Gasteiger partial charge in [0.2, 0.25) is 0 Å². The average molecular weight is 327 g/mol. The maximum Gasteiger partial charge on any atom is 0.341 e. The molecule has 0 heterocycles. The van der Waals surface area contributed by atoms with Gasteiger partial charge in [0, 0.05) is 19.2 Å². The van der Waals surface area contributed by atoms with Gasteiger partial charge in [-0.1, -0.05) is 29.8 Å². The molecule has 5 heteroatoms. The Bertz CT molecular complexity index is 740. The molecule has 2 rings (SSSR count). The maximum absolute atomic E-state index is 11.9. The SMILES string of the molecule is COC(=O)c1cc(NCCc2cccc(C)c2)ccc1OC(C)=O. The van der Waals surface area contributed by atoms with Crippen molar-refractivity contribution in [2.24, 2.45) is 0 Å². The molecule has 0 saturated carbocycles. The van der Waals surface area contributed by atoms with E-state index in [9.17, 15) is 9.59 Å². The molecule has 0 aliphatic rings. The van der Waals surface area contributed by atoms with Crippen LogP contribution in [0.4, 0.5) is 5.69 Å². The van der Waals surface area contributed by atoms with E-state index in [4.69, 9.17) is 9.47 Å². The van der Waals surface area contributed by atoms with Gasteiger partial charge in [-0.05, 0) is 37.1 Å². The van der Waals surface area contributed by atoms with E-state index in [0.29, 0.717) is 0 Å². The molecule has 5 nitrogen and oxygen atoms in total. The van der Waals surface area contributed by atoms with E-state index in [1.54, 1.807) is 18.2 Å². The Hall–Kier alpha value is -2.82. The van der Waals surface area contributed by atoms with Crippen molar-refractivity contribution < 1.29 is 19.1 Å². The van der Waals surface area contributed by atoms with Gasteiger partial charge in [0.1, 0.15) is 11.3 Å². The lowest BCUT2D eigenvalue weighted by Crippen LogP contribution is -2.11. The van der Waals surface area contributed by atoms with Crippen LogP contribution in [0.1, 0.15) is 28.4 Å². The second-order valence-corrected chi connectivity index (χ2v) is 5.46. The first-order valence-electron chi connectivity index (χ1n) is 7.70. The number of hydrogen-bond acceptors (Lipinski definition) is 5. The molecular weight excluding hydrogens is 306 g/mol. The Kier molecular flexibility index (Phi) is 5.95. The van der Waals surface area contributed by atoms with Gasteiger partial charge in [-0.25, -0.2) is 4.79 Å². The van der Waals surface area contributed by atoms with Crippen molar-refractivity contribution in [1.29, 1.82) is 0 Å². The van der Waals surface area contributed by atoms with Crippen LogP contribution in [0, 0.1) is 6.92 Å². The Morgan fingerprint density at radius 3 is 2.58 bits per heavy atom. The predicted octanol–water partition coefficient (Wildman–Crippen LogP) is 3.36. The number of ether oxygens (including phenoxy) is 2. The van der Waals surface area contributed by atoms with Crippen LogP contribution in [0.5, 0.6) is 5.75 Å². The number of methoxy groups -OCH3 is 1. The molecule has 0 fully saturated rings. The summed E-state index contributed by atoms with van der Waals surface area (Å²) in [5, 5.41) is 3.26. The van der Waals surface area contributed by atoms with Crippen molar-refractivity contribution in [3.8, 4) is 5.75 Å². The van der Waals surface area contributed by atoms with Gasteiger partial charge >= 0.3 is 11.9 Å². The minimum absolute atomic E-state index is 0.193. The lowest BCUT2D eigenvalue weighted by atomic mass is 10.1. The largest absolute Gasteiger partial charge is 0.465 e. The van der Waals surface area contributed by atoms with Gasteiger partial charge in [-0.3, -0.25) is 4.79 Å². The van der Waals surface area contributed by atoms with Crippen molar-refractivity contribution in [2.45, 2.75) is 20.3 Å². The first-order chi connectivity index (χ1) is 11.5. The van der Waals surface area contributed by atoms with E-state index in [0.717, 1.165) is 18.7 Å². The molecule has 24 heavy (non-hydrogen) atoms. The van der Waals surface area contributed by atoms with Gasteiger partial charge in [-0.15, -0.1) is 0 Å². The third-order valence-electron chi connectivity index (χ3n) is 3.46. The molecule has 1 N–H and O–H groups in total. The number of nitrogens with one attached hydrogen (secondary N) is 1. The van der Waals surface area contributed by atoms with E-state index in [1.807, 2.05) is 6.07 Å². The fraction of sp³-hybridized carbons (Fsp3) is 0.263. The van der Waals surface area contributed by atoms with Crippen molar-refractivity contribution in [3.05, 3.63) is 59.2 Å². The zero-order chi connectivity index (χ0) is 17.5. The van der Waals surface area contributed by atoms with Crippen LogP contribution < -0.4 is 10.1 Å². The Balaban J connectivity index is 2.07. The summed E-state index contributed by atoms with van der Waals surface area (Å²) >= 11 is 0. The molecule has 0 aliphatic carbocycles. The molecule has 0 aromatic heterocycles. The molecule has 0 atom stereocenters. The van der Waals surface area contributed by atoms with E-state index in [1.165, 1.54) is 25.2 Å². The second-order valence-electron chi connectivity index (χ2n) is 5.46.